The Hall–Kier alpha value is -0.610. The molecule has 2 N–H and O–H groups in total. The summed E-state index contributed by atoms with van der Waals surface area (Å²) in [4.78, 5) is 14.3. The summed E-state index contributed by atoms with van der Waals surface area (Å²) in [6.45, 7) is 4.24. The quantitative estimate of drug-likeness (QED) is 0.767. The van der Waals surface area contributed by atoms with Gasteiger partial charge in [-0.3, -0.25) is 4.79 Å². The van der Waals surface area contributed by atoms with Gasteiger partial charge in [0.25, 0.3) is 0 Å². The molecule has 0 aromatic heterocycles. The number of hydrogen-bond acceptors (Lipinski definition) is 3. The van der Waals surface area contributed by atoms with E-state index in [1.54, 1.807) is 7.11 Å². The number of carbonyl (C=O) groups excluding carboxylic acids is 1. The number of ether oxygens (including phenoxy) is 1. The van der Waals surface area contributed by atoms with Crippen molar-refractivity contribution in [2.24, 2.45) is 17.1 Å². The second kappa shape index (κ2) is 4.34. The molecule has 1 heterocycles. The number of rotatable bonds is 3. The summed E-state index contributed by atoms with van der Waals surface area (Å²) in [6.07, 6.45) is 3.09. The maximum absolute atomic E-state index is 12.4. The van der Waals surface area contributed by atoms with Gasteiger partial charge in [-0.2, -0.15) is 0 Å². The van der Waals surface area contributed by atoms with Crippen molar-refractivity contribution in [3.05, 3.63) is 0 Å². The van der Waals surface area contributed by atoms with Crippen molar-refractivity contribution in [1.82, 2.24) is 4.90 Å². The molecule has 1 amide bonds. The van der Waals surface area contributed by atoms with Crippen LogP contribution >= 0.6 is 0 Å². The summed E-state index contributed by atoms with van der Waals surface area (Å²) in [7, 11) is 1.71. The van der Waals surface area contributed by atoms with Gasteiger partial charge in [-0.1, -0.05) is 6.92 Å². The Morgan fingerprint density at radius 1 is 1.56 bits per heavy atom. The van der Waals surface area contributed by atoms with E-state index in [9.17, 15) is 4.79 Å². The third-order valence-corrected chi connectivity index (χ3v) is 4.09. The Kier molecular flexibility index (Phi) is 3.22. The molecule has 2 rings (SSSR count). The fourth-order valence-corrected chi connectivity index (χ4v) is 3.14. The van der Waals surface area contributed by atoms with Gasteiger partial charge in [-0.05, 0) is 25.2 Å². The minimum atomic E-state index is -0.248. The molecule has 1 saturated carbocycles. The second-order valence-corrected chi connectivity index (χ2v) is 5.40. The van der Waals surface area contributed by atoms with Crippen LogP contribution in [0, 0.1) is 11.3 Å². The topological polar surface area (TPSA) is 55.6 Å². The van der Waals surface area contributed by atoms with Crippen LogP contribution in [0.4, 0.5) is 0 Å². The summed E-state index contributed by atoms with van der Waals surface area (Å²) >= 11 is 0. The van der Waals surface area contributed by atoms with Crippen LogP contribution in [-0.2, 0) is 9.53 Å². The summed E-state index contributed by atoms with van der Waals surface area (Å²) in [5.74, 6) is 0.904. The van der Waals surface area contributed by atoms with Gasteiger partial charge in [0.1, 0.15) is 0 Å². The molecule has 16 heavy (non-hydrogen) atoms. The fraction of sp³-hybridized carbons (Fsp3) is 0.917. The van der Waals surface area contributed by atoms with E-state index in [1.807, 2.05) is 4.90 Å². The molecule has 1 atom stereocenters. The van der Waals surface area contributed by atoms with Gasteiger partial charge in [0.2, 0.25) is 5.91 Å². The highest BCUT2D eigenvalue weighted by atomic mass is 16.5. The molecule has 0 bridgehead atoms. The number of methoxy groups -OCH3 is 1. The number of likely N-dealkylation sites (tertiary alicyclic amines) is 1. The minimum absolute atomic E-state index is 0.219. The van der Waals surface area contributed by atoms with Crippen molar-refractivity contribution < 1.29 is 9.53 Å². The Balaban J connectivity index is 1.97. The van der Waals surface area contributed by atoms with Crippen molar-refractivity contribution in [3.8, 4) is 0 Å². The van der Waals surface area contributed by atoms with Crippen LogP contribution in [0.3, 0.4) is 0 Å². The van der Waals surface area contributed by atoms with Crippen molar-refractivity contribution in [1.29, 1.82) is 0 Å². The average Bonchev–Trinajstić information content (AvgIpc) is 2.72. The van der Waals surface area contributed by atoms with Crippen LogP contribution in [0.25, 0.3) is 0 Å². The molecule has 0 radical (unpaired) electrons. The number of carbonyl (C=O) groups is 1. The highest BCUT2D eigenvalue weighted by Crippen LogP contribution is 2.46. The molecule has 4 nitrogen and oxygen atoms in total. The van der Waals surface area contributed by atoms with Crippen LogP contribution in [0.1, 0.15) is 26.2 Å². The molecular formula is C12H22N2O2. The molecule has 0 spiro atoms. The fourth-order valence-electron chi connectivity index (χ4n) is 3.14. The molecule has 0 aromatic carbocycles. The zero-order valence-electron chi connectivity index (χ0n) is 10.2. The van der Waals surface area contributed by atoms with Crippen LogP contribution in [0.15, 0.2) is 0 Å². The van der Waals surface area contributed by atoms with Crippen molar-refractivity contribution >= 4 is 5.91 Å². The molecule has 92 valence electrons. The third-order valence-electron chi connectivity index (χ3n) is 4.09. The van der Waals surface area contributed by atoms with Crippen molar-refractivity contribution in [3.63, 3.8) is 0 Å². The SMILES string of the molecule is COC1CCN(C(=O)C2(CN)CC(C)C2)C1. The lowest BCUT2D eigenvalue weighted by Crippen LogP contribution is -2.54. The van der Waals surface area contributed by atoms with Gasteiger partial charge < -0.3 is 15.4 Å². The van der Waals surface area contributed by atoms with Crippen molar-refractivity contribution in [2.75, 3.05) is 26.7 Å². The second-order valence-electron chi connectivity index (χ2n) is 5.40. The van der Waals surface area contributed by atoms with Gasteiger partial charge >= 0.3 is 0 Å². The molecule has 4 heteroatoms. The van der Waals surface area contributed by atoms with E-state index in [0.717, 1.165) is 32.4 Å². The van der Waals surface area contributed by atoms with E-state index in [-0.39, 0.29) is 17.4 Å². The number of amides is 1. The largest absolute Gasteiger partial charge is 0.380 e. The average molecular weight is 226 g/mol. The Morgan fingerprint density at radius 2 is 2.25 bits per heavy atom. The Morgan fingerprint density at radius 3 is 2.69 bits per heavy atom. The Bertz CT molecular complexity index is 274. The van der Waals surface area contributed by atoms with E-state index in [2.05, 4.69) is 6.92 Å². The lowest BCUT2D eigenvalue weighted by atomic mass is 9.62. The first-order valence-corrected chi connectivity index (χ1v) is 6.13. The Labute approximate surface area is 97.1 Å². The highest BCUT2D eigenvalue weighted by Gasteiger charge is 2.49. The van der Waals surface area contributed by atoms with E-state index >= 15 is 0 Å². The molecule has 1 aliphatic carbocycles. The molecule has 2 aliphatic rings. The van der Waals surface area contributed by atoms with Gasteiger partial charge in [0.15, 0.2) is 0 Å². The van der Waals surface area contributed by atoms with E-state index in [0.29, 0.717) is 12.5 Å². The first-order valence-electron chi connectivity index (χ1n) is 6.13. The summed E-state index contributed by atoms with van der Waals surface area (Å²) < 4.78 is 5.29. The summed E-state index contributed by atoms with van der Waals surface area (Å²) in [6, 6.07) is 0. The normalized spacial score (nSPS) is 38.6. The van der Waals surface area contributed by atoms with E-state index in [1.165, 1.54) is 0 Å². The molecule has 1 aliphatic heterocycles. The third kappa shape index (κ3) is 1.84. The molecule has 0 aromatic rings. The first-order chi connectivity index (χ1) is 7.61. The summed E-state index contributed by atoms with van der Waals surface area (Å²) in [5.41, 5.74) is 5.54. The molecular weight excluding hydrogens is 204 g/mol. The molecule has 2 fully saturated rings. The van der Waals surface area contributed by atoms with E-state index in [4.69, 9.17) is 10.5 Å². The molecule has 1 saturated heterocycles. The zero-order valence-corrected chi connectivity index (χ0v) is 10.2. The number of nitrogens with zero attached hydrogens (tertiary/aromatic N) is 1. The monoisotopic (exact) mass is 226 g/mol. The van der Waals surface area contributed by atoms with Gasteiger partial charge in [-0.15, -0.1) is 0 Å². The van der Waals surface area contributed by atoms with Crippen LogP contribution in [0.2, 0.25) is 0 Å². The minimum Gasteiger partial charge on any atom is -0.380 e. The summed E-state index contributed by atoms with van der Waals surface area (Å²) in [5, 5.41) is 0. The standard InChI is InChI=1S/C12H22N2O2/c1-9-5-12(6-9,8-13)11(15)14-4-3-10(7-14)16-2/h9-10H,3-8,13H2,1-2H3. The first kappa shape index (κ1) is 11.9. The van der Waals surface area contributed by atoms with Crippen LogP contribution < -0.4 is 5.73 Å². The lowest BCUT2D eigenvalue weighted by Gasteiger charge is -2.46. The van der Waals surface area contributed by atoms with E-state index < -0.39 is 0 Å². The van der Waals surface area contributed by atoms with Crippen LogP contribution in [0.5, 0.6) is 0 Å². The number of nitrogens with two attached hydrogens (primary N) is 1. The molecule has 1 unspecified atom stereocenters. The van der Waals surface area contributed by atoms with Gasteiger partial charge in [0, 0.05) is 26.7 Å². The van der Waals surface area contributed by atoms with Gasteiger partial charge in [-0.25, -0.2) is 0 Å². The van der Waals surface area contributed by atoms with Gasteiger partial charge in [0.05, 0.1) is 11.5 Å². The maximum Gasteiger partial charge on any atom is 0.230 e. The van der Waals surface area contributed by atoms with Crippen molar-refractivity contribution in [2.45, 2.75) is 32.3 Å². The predicted octanol–water partition coefficient (Wildman–Crippen LogP) is 0.609. The maximum atomic E-state index is 12.4. The van der Waals surface area contributed by atoms with Crippen LogP contribution in [-0.4, -0.2) is 43.7 Å². The highest BCUT2D eigenvalue weighted by molar-refractivity contribution is 5.84. The predicted molar refractivity (Wildman–Crippen MR) is 61.9 cm³/mol. The lowest BCUT2D eigenvalue weighted by molar-refractivity contribution is -0.149. The zero-order chi connectivity index (χ0) is 11.8. The number of hydrogen-bond donors (Lipinski definition) is 1. The smallest absolute Gasteiger partial charge is 0.230 e.